The number of hydrogen-bond donors (Lipinski definition) is 0. The van der Waals surface area contributed by atoms with Gasteiger partial charge in [0.05, 0.1) is 0 Å². The van der Waals surface area contributed by atoms with Crippen molar-refractivity contribution in [3.8, 4) is 0 Å². The van der Waals surface area contributed by atoms with Gasteiger partial charge in [-0.05, 0) is 6.07 Å². The maximum Gasteiger partial charge on any atom is 0.236 e. The lowest BCUT2D eigenvalue weighted by Crippen LogP contribution is -1.87. The van der Waals surface area contributed by atoms with Crippen LogP contribution in [0, 0.1) is 0 Å². The van der Waals surface area contributed by atoms with Gasteiger partial charge < -0.3 is 0 Å². The van der Waals surface area contributed by atoms with E-state index in [0.717, 1.165) is 0 Å². The third-order valence-corrected chi connectivity index (χ3v) is 1.76. The Labute approximate surface area is 79.0 Å². The molecule has 0 aliphatic heterocycles. The lowest BCUT2D eigenvalue weighted by Gasteiger charge is -1.99. The minimum Gasteiger partial charge on any atom is -0.244 e. The summed E-state index contributed by atoms with van der Waals surface area (Å²) in [6.07, 6.45) is 2.82. The summed E-state index contributed by atoms with van der Waals surface area (Å²) in [5.74, 6) is 0. The molecule has 0 radical (unpaired) electrons. The van der Waals surface area contributed by atoms with Crippen LogP contribution in [0.25, 0.3) is 0 Å². The fraction of sp³-hybridized carbons (Fsp3) is 0.143. The molecule has 62 valence electrons. The summed E-state index contributed by atoms with van der Waals surface area (Å²) in [5, 5.41) is 0.373. The highest BCUT2D eigenvalue weighted by Gasteiger charge is 2.04. The van der Waals surface area contributed by atoms with Gasteiger partial charge in [0.2, 0.25) is 6.08 Å². The van der Waals surface area contributed by atoms with Gasteiger partial charge in [-0.25, -0.2) is 9.78 Å². The number of aliphatic imine (C=N–C) groups is 1. The van der Waals surface area contributed by atoms with Gasteiger partial charge in [0.25, 0.3) is 0 Å². The molecule has 0 fully saturated rings. The number of rotatable bonds is 2. The van der Waals surface area contributed by atoms with Gasteiger partial charge >= 0.3 is 0 Å². The molecule has 1 aromatic heterocycles. The Bertz CT molecular complexity index is 306. The normalized spacial score (nSPS) is 11.8. The largest absolute Gasteiger partial charge is 0.244 e. The minimum absolute atomic E-state index is 0.373. The summed E-state index contributed by atoms with van der Waals surface area (Å²) in [6, 6.07) is 3.22. The Morgan fingerprint density at radius 2 is 2.33 bits per heavy atom. The average molecular weight is 203 g/mol. The van der Waals surface area contributed by atoms with E-state index in [1.165, 1.54) is 12.3 Å². The zero-order valence-corrected chi connectivity index (χ0v) is 7.38. The third kappa shape index (κ3) is 2.31. The molecule has 1 rings (SSSR count). The summed E-state index contributed by atoms with van der Waals surface area (Å²) < 4.78 is 0. The van der Waals surface area contributed by atoms with Gasteiger partial charge in [-0.15, -0.1) is 0 Å². The van der Waals surface area contributed by atoms with Crippen LogP contribution in [-0.2, 0) is 4.79 Å². The molecular formula is C7H4Cl2N2O. The van der Waals surface area contributed by atoms with Crippen molar-refractivity contribution in [1.82, 2.24) is 4.98 Å². The standard InChI is InChI=1S/C7H4Cl2N2O/c8-6-2-1-5(3-10-6)7(9)11-4-12/h1-3,7H. The van der Waals surface area contributed by atoms with E-state index in [1.54, 1.807) is 12.1 Å². The molecule has 1 unspecified atom stereocenters. The number of pyridine rings is 1. The molecule has 0 amide bonds. The number of halogens is 2. The van der Waals surface area contributed by atoms with E-state index < -0.39 is 5.50 Å². The van der Waals surface area contributed by atoms with Crippen LogP contribution in [-0.4, -0.2) is 11.1 Å². The molecule has 5 heteroatoms. The van der Waals surface area contributed by atoms with E-state index in [4.69, 9.17) is 23.2 Å². The van der Waals surface area contributed by atoms with E-state index in [2.05, 4.69) is 9.98 Å². The second kappa shape index (κ2) is 4.21. The molecule has 0 aliphatic carbocycles. The Balaban J connectivity index is 2.89. The van der Waals surface area contributed by atoms with E-state index in [-0.39, 0.29) is 0 Å². The van der Waals surface area contributed by atoms with Gasteiger partial charge in [-0.2, -0.15) is 4.99 Å². The maximum absolute atomic E-state index is 9.83. The van der Waals surface area contributed by atoms with Crippen LogP contribution < -0.4 is 0 Å². The zero-order valence-electron chi connectivity index (χ0n) is 5.87. The number of isocyanates is 1. The maximum atomic E-state index is 9.83. The lowest BCUT2D eigenvalue weighted by atomic mass is 10.3. The zero-order chi connectivity index (χ0) is 8.97. The molecular weight excluding hydrogens is 199 g/mol. The van der Waals surface area contributed by atoms with E-state index >= 15 is 0 Å². The first-order chi connectivity index (χ1) is 5.74. The highest BCUT2D eigenvalue weighted by atomic mass is 35.5. The first-order valence-corrected chi connectivity index (χ1v) is 3.88. The van der Waals surface area contributed by atoms with Gasteiger partial charge in [0.1, 0.15) is 5.15 Å². The van der Waals surface area contributed by atoms with Gasteiger partial charge in [-0.1, -0.05) is 29.3 Å². The molecule has 1 atom stereocenters. The first kappa shape index (κ1) is 9.20. The van der Waals surface area contributed by atoms with Gasteiger partial charge in [0.15, 0.2) is 5.50 Å². The molecule has 0 saturated carbocycles. The monoisotopic (exact) mass is 202 g/mol. The smallest absolute Gasteiger partial charge is 0.236 e. The van der Waals surface area contributed by atoms with Crippen LogP contribution >= 0.6 is 23.2 Å². The SMILES string of the molecule is O=C=NC(Cl)c1ccc(Cl)nc1. The van der Waals surface area contributed by atoms with Crippen molar-refractivity contribution in [2.45, 2.75) is 5.50 Å². The van der Waals surface area contributed by atoms with E-state index in [1.807, 2.05) is 0 Å². The third-order valence-electron chi connectivity index (χ3n) is 1.19. The predicted molar refractivity (Wildman–Crippen MR) is 46.0 cm³/mol. The molecule has 1 aromatic rings. The number of carbonyl (C=O) groups excluding carboxylic acids is 1. The predicted octanol–water partition coefficient (Wildman–Crippen LogP) is 2.31. The quantitative estimate of drug-likeness (QED) is 0.243. The fourth-order valence-corrected chi connectivity index (χ4v) is 0.930. The summed E-state index contributed by atoms with van der Waals surface area (Å²) in [6.45, 7) is 0. The molecule has 0 bridgehead atoms. The van der Waals surface area contributed by atoms with Crippen LogP contribution in [0.15, 0.2) is 23.3 Å². The second-order valence-corrected chi connectivity index (χ2v) is 2.77. The van der Waals surface area contributed by atoms with Gasteiger partial charge in [-0.3, -0.25) is 0 Å². The van der Waals surface area contributed by atoms with Crippen molar-refractivity contribution in [2.24, 2.45) is 4.99 Å². The summed E-state index contributed by atoms with van der Waals surface area (Å²) in [5.41, 5.74) is -0.114. The molecule has 12 heavy (non-hydrogen) atoms. The van der Waals surface area contributed by atoms with Crippen molar-refractivity contribution < 1.29 is 4.79 Å². The van der Waals surface area contributed by atoms with Crippen molar-refractivity contribution in [1.29, 1.82) is 0 Å². The first-order valence-electron chi connectivity index (χ1n) is 3.06. The van der Waals surface area contributed by atoms with Gasteiger partial charge in [0, 0.05) is 11.8 Å². The highest BCUT2D eigenvalue weighted by molar-refractivity contribution is 6.29. The molecule has 3 nitrogen and oxygen atoms in total. The molecule has 0 saturated heterocycles. The van der Waals surface area contributed by atoms with Crippen LogP contribution in [0.2, 0.25) is 5.15 Å². The van der Waals surface area contributed by atoms with E-state index in [0.29, 0.717) is 10.7 Å². The molecule has 0 N–H and O–H groups in total. The Kier molecular flexibility index (Phi) is 3.23. The summed E-state index contributed by atoms with van der Waals surface area (Å²) >= 11 is 11.2. The highest BCUT2D eigenvalue weighted by Crippen LogP contribution is 2.20. The van der Waals surface area contributed by atoms with Crippen LogP contribution in [0.1, 0.15) is 11.1 Å². The topological polar surface area (TPSA) is 42.3 Å². The second-order valence-electron chi connectivity index (χ2n) is 1.97. The molecule has 0 spiro atoms. The fourth-order valence-electron chi connectivity index (χ4n) is 0.649. The van der Waals surface area contributed by atoms with Crippen LogP contribution in [0.3, 0.4) is 0 Å². The van der Waals surface area contributed by atoms with Crippen molar-refractivity contribution in [3.63, 3.8) is 0 Å². The summed E-state index contributed by atoms with van der Waals surface area (Å²) in [4.78, 5) is 16.9. The number of nitrogens with zero attached hydrogens (tertiary/aromatic N) is 2. The Hall–Kier alpha value is -0.890. The average Bonchev–Trinajstić information content (AvgIpc) is 2.06. The number of aromatic nitrogens is 1. The van der Waals surface area contributed by atoms with E-state index in [9.17, 15) is 4.79 Å². The van der Waals surface area contributed by atoms with Crippen molar-refractivity contribution >= 4 is 29.3 Å². The van der Waals surface area contributed by atoms with Crippen molar-refractivity contribution in [2.75, 3.05) is 0 Å². The number of alkyl halides is 1. The molecule has 0 aliphatic rings. The molecule has 0 aromatic carbocycles. The van der Waals surface area contributed by atoms with Crippen molar-refractivity contribution in [3.05, 3.63) is 29.0 Å². The Morgan fingerprint density at radius 3 is 2.83 bits per heavy atom. The minimum atomic E-state index is -0.729. The lowest BCUT2D eigenvalue weighted by molar-refractivity contribution is 0.562. The van der Waals surface area contributed by atoms with Crippen LogP contribution in [0.5, 0.6) is 0 Å². The Morgan fingerprint density at radius 1 is 1.58 bits per heavy atom. The summed E-state index contributed by atoms with van der Waals surface area (Å²) in [7, 11) is 0. The van der Waals surface area contributed by atoms with Crippen LogP contribution in [0.4, 0.5) is 0 Å². The number of hydrogen-bond acceptors (Lipinski definition) is 3. The molecule has 1 heterocycles.